The molecule has 0 radical (unpaired) electrons. The van der Waals surface area contributed by atoms with Gasteiger partial charge in [-0.2, -0.15) is 0 Å². The molecule has 2 aromatic rings. The van der Waals surface area contributed by atoms with Gasteiger partial charge in [-0.05, 0) is 24.2 Å². The molecule has 0 aliphatic heterocycles. The second kappa shape index (κ2) is 5.89. The summed E-state index contributed by atoms with van der Waals surface area (Å²) in [5, 5.41) is 3.40. The molecule has 1 aromatic heterocycles. The molecule has 1 unspecified atom stereocenters. The Labute approximate surface area is 110 Å². The molecule has 1 N–H and O–H groups in total. The average Bonchev–Trinajstić information content (AvgIpc) is 2.40. The van der Waals surface area contributed by atoms with Crippen molar-refractivity contribution in [2.75, 3.05) is 6.54 Å². The summed E-state index contributed by atoms with van der Waals surface area (Å²) in [5.74, 6) is -0.422. The predicted octanol–water partition coefficient (Wildman–Crippen LogP) is 2.97. The first kappa shape index (κ1) is 12.9. The van der Waals surface area contributed by atoms with Crippen molar-refractivity contribution in [3.63, 3.8) is 0 Å². The molecule has 0 spiro atoms. The van der Waals surface area contributed by atoms with E-state index in [0.29, 0.717) is 0 Å². The van der Waals surface area contributed by atoms with Crippen molar-refractivity contribution in [1.29, 1.82) is 0 Å². The van der Waals surface area contributed by atoms with Crippen LogP contribution in [0.1, 0.15) is 24.1 Å². The second-order valence-electron chi connectivity index (χ2n) is 3.84. The highest BCUT2D eigenvalue weighted by Gasteiger charge is 2.15. The monoisotopic (exact) mass is 265 g/mol. The van der Waals surface area contributed by atoms with Gasteiger partial charge in [-0.15, -0.1) is 0 Å². The minimum absolute atomic E-state index is 0.123. The summed E-state index contributed by atoms with van der Waals surface area (Å²) in [6.45, 7) is 2.74. The van der Waals surface area contributed by atoms with Gasteiger partial charge in [0, 0.05) is 18.0 Å². The van der Waals surface area contributed by atoms with E-state index in [0.717, 1.165) is 17.7 Å². The maximum absolute atomic E-state index is 13.5. The number of hydrogen-bond acceptors (Lipinski definition) is 3. The van der Waals surface area contributed by atoms with Crippen LogP contribution in [0.3, 0.4) is 0 Å². The lowest BCUT2D eigenvalue weighted by molar-refractivity contribution is 0.601. The van der Waals surface area contributed by atoms with Crippen molar-refractivity contribution in [3.8, 4) is 0 Å². The lowest BCUT2D eigenvalue weighted by atomic mass is 10.0. The summed E-state index contributed by atoms with van der Waals surface area (Å²) >= 11 is 5.69. The molecular weight excluding hydrogens is 253 g/mol. The molecule has 0 aliphatic carbocycles. The SMILES string of the molecule is CCNC(c1cncnc1)c1ccc(Cl)c(F)c1. The van der Waals surface area contributed by atoms with Crippen LogP contribution in [-0.2, 0) is 0 Å². The first-order valence-electron chi connectivity index (χ1n) is 5.65. The van der Waals surface area contributed by atoms with E-state index < -0.39 is 5.82 Å². The minimum atomic E-state index is -0.422. The van der Waals surface area contributed by atoms with Gasteiger partial charge in [0.1, 0.15) is 12.1 Å². The molecule has 0 fully saturated rings. The fraction of sp³-hybridized carbons (Fsp3) is 0.231. The Morgan fingerprint density at radius 2 is 2.00 bits per heavy atom. The molecule has 0 saturated heterocycles. The van der Waals surface area contributed by atoms with Gasteiger partial charge in [-0.3, -0.25) is 0 Å². The highest BCUT2D eigenvalue weighted by Crippen LogP contribution is 2.24. The Morgan fingerprint density at radius 3 is 2.61 bits per heavy atom. The molecule has 1 atom stereocenters. The van der Waals surface area contributed by atoms with Crippen LogP contribution in [0, 0.1) is 5.82 Å². The normalized spacial score (nSPS) is 12.4. The lowest BCUT2D eigenvalue weighted by Gasteiger charge is -2.18. The molecule has 18 heavy (non-hydrogen) atoms. The van der Waals surface area contributed by atoms with Crippen LogP contribution in [0.2, 0.25) is 5.02 Å². The molecular formula is C13H13ClFN3. The van der Waals surface area contributed by atoms with Gasteiger partial charge < -0.3 is 5.32 Å². The number of halogens is 2. The summed E-state index contributed by atoms with van der Waals surface area (Å²) in [7, 11) is 0. The largest absolute Gasteiger partial charge is 0.306 e. The Hall–Kier alpha value is -1.52. The van der Waals surface area contributed by atoms with Crippen LogP contribution >= 0.6 is 11.6 Å². The van der Waals surface area contributed by atoms with Crippen molar-refractivity contribution in [3.05, 3.63) is 58.9 Å². The third-order valence-electron chi connectivity index (χ3n) is 2.60. The fourth-order valence-corrected chi connectivity index (χ4v) is 1.90. The summed E-state index contributed by atoms with van der Waals surface area (Å²) in [6.07, 6.45) is 4.90. The minimum Gasteiger partial charge on any atom is -0.306 e. The molecule has 3 nitrogen and oxygen atoms in total. The first-order chi connectivity index (χ1) is 8.72. The van der Waals surface area contributed by atoms with Crippen molar-refractivity contribution < 1.29 is 4.39 Å². The Morgan fingerprint density at radius 1 is 1.28 bits per heavy atom. The van der Waals surface area contributed by atoms with Crippen LogP contribution in [0.4, 0.5) is 4.39 Å². The molecule has 94 valence electrons. The Balaban J connectivity index is 2.38. The van der Waals surface area contributed by atoms with Gasteiger partial charge in [0.05, 0.1) is 11.1 Å². The highest BCUT2D eigenvalue weighted by molar-refractivity contribution is 6.30. The van der Waals surface area contributed by atoms with Crippen LogP contribution in [0.5, 0.6) is 0 Å². The standard InChI is InChI=1S/C13H13ClFN3/c1-2-18-13(10-6-16-8-17-7-10)9-3-4-11(14)12(15)5-9/h3-8,13,18H,2H2,1H3. The van der Waals surface area contributed by atoms with Gasteiger partial charge in [0.2, 0.25) is 0 Å². The van der Waals surface area contributed by atoms with Gasteiger partial charge in [-0.1, -0.05) is 24.6 Å². The smallest absolute Gasteiger partial charge is 0.142 e. The van der Waals surface area contributed by atoms with Crippen molar-refractivity contribution in [2.45, 2.75) is 13.0 Å². The van der Waals surface area contributed by atoms with E-state index in [-0.39, 0.29) is 11.1 Å². The van der Waals surface area contributed by atoms with Gasteiger partial charge in [-0.25, -0.2) is 14.4 Å². The number of nitrogens with zero attached hydrogens (tertiary/aromatic N) is 2. The zero-order valence-corrected chi connectivity index (χ0v) is 10.7. The average molecular weight is 266 g/mol. The Bertz CT molecular complexity index is 519. The molecule has 0 aliphatic rings. The molecule has 1 heterocycles. The quantitative estimate of drug-likeness (QED) is 0.924. The fourth-order valence-electron chi connectivity index (χ4n) is 1.78. The van der Waals surface area contributed by atoms with E-state index in [1.165, 1.54) is 12.4 Å². The number of hydrogen-bond donors (Lipinski definition) is 1. The number of nitrogens with one attached hydrogen (secondary N) is 1. The topological polar surface area (TPSA) is 37.8 Å². The van der Waals surface area contributed by atoms with E-state index in [9.17, 15) is 4.39 Å². The second-order valence-corrected chi connectivity index (χ2v) is 4.24. The van der Waals surface area contributed by atoms with E-state index >= 15 is 0 Å². The molecule has 1 aromatic carbocycles. The van der Waals surface area contributed by atoms with Crippen molar-refractivity contribution in [2.24, 2.45) is 0 Å². The van der Waals surface area contributed by atoms with Gasteiger partial charge >= 0.3 is 0 Å². The van der Waals surface area contributed by atoms with E-state index in [1.807, 2.05) is 6.92 Å². The highest BCUT2D eigenvalue weighted by atomic mass is 35.5. The van der Waals surface area contributed by atoms with Crippen LogP contribution in [-0.4, -0.2) is 16.5 Å². The third-order valence-corrected chi connectivity index (χ3v) is 2.91. The molecule has 0 bridgehead atoms. The van der Waals surface area contributed by atoms with Gasteiger partial charge in [0.15, 0.2) is 0 Å². The summed E-state index contributed by atoms with van der Waals surface area (Å²) in [6, 6.07) is 4.65. The first-order valence-corrected chi connectivity index (χ1v) is 6.03. The van der Waals surface area contributed by atoms with Crippen molar-refractivity contribution in [1.82, 2.24) is 15.3 Å². The van der Waals surface area contributed by atoms with Crippen molar-refractivity contribution >= 4 is 11.6 Å². The summed E-state index contributed by atoms with van der Waals surface area (Å²) < 4.78 is 13.5. The molecule has 0 amide bonds. The van der Waals surface area contributed by atoms with Gasteiger partial charge in [0.25, 0.3) is 0 Å². The Kier molecular flexibility index (Phi) is 4.23. The summed E-state index contributed by atoms with van der Waals surface area (Å²) in [5.41, 5.74) is 1.69. The van der Waals surface area contributed by atoms with Crippen LogP contribution in [0.15, 0.2) is 36.9 Å². The molecule has 5 heteroatoms. The maximum Gasteiger partial charge on any atom is 0.142 e. The van der Waals surface area contributed by atoms with E-state index in [4.69, 9.17) is 11.6 Å². The van der Waals surface area contributed by atoms with E-state index in [1.54, 1.807) is 24.5 Å². The summed E-state index contributed by atoms with van der Waals surface area (Å²) in [4.78, 5) is 7.96. The lowest BCUT2D eigenvalue weighted by Crippen LogP contribution is -2.22. The zero-order valence-electron chi connectivity index (χ0n) is 9.90. The molecule has 2 rings (SSSR count). The van der Waals surface area contributed by atoms with E-state index in [2.05, 4.69) is 15.3 Å². The van der Waals surface area contributed by atoms with Crippen LogP contribution < -0.4 is 5.32 Å². The molecule has 0 saturated carbocycles. The maximum atomic E-state index is 13.5. The third kappa shape index (κ3) is 2.83. The number of aromatic nitrogens is 2. The number of rotatable bonds is 4. The zero-order chi connectivity index (χ0) is 13.0. The number of benzene rings is 1. The van der Waals surface area contributed by atoms with Crippen LogP contribution in [0.25, 0.3) is 0 Å². The predicted molar refractivity (Wildman–Crippen MR) is 69.0 cm³/mol.